The molecule has 0 saturated heterocycles. The van der Waals surface area contributed by atoms with Gasteiger partial charge in [-0.3, -0.25) is 4.79 Å². The molecule has 0 radical (unpaired) electrons. The van der Waals surface area contributed by atoms with Gasteiger partial charge in [0, 0.05) is 9.35 Å². The summed E-state index contributed by atoms with van der Waals surface area (Å²) in [6, 6.07) is 7.83. The number of thiophene rings is 1. The Morgan fingerprint density at radius 3 is 2.56 bits per heavy atom. The number of carbonyl (C=O) groups is 1. The number of ether oxygens (including phenoxy) is 2. The maximum Gasteiger partial charge on any atom is 0.224 e. The summed E-state index contributed by atoms with van der Waals surface area (Å²) in [6.45, 7) is 7.49. The van der Waals surface area contributed by atoms with E-state index in [0.29, 0.717) is 24.7 Å². The van der Waals surface area contributed by atoms with Crippen LogP contribution in [0, 0.1) is 5.41 Å². The molecule has 1 aromatic carbocycles. The zero-order valence-electron chi connectivity index (χ0n) is 14.6. The van der Waals surface area contributed by atoms with E-state index >= 15 is 0 Å². The predicted molar refractivity (Wildman–Crippen MR) is 103 cm³/mol. The first-order valence-corrected chi connectivity index (χ1v) is 9.92. The van der Waals surface area contributed by atoms with Crippen LogP contribution in [0.1, 0.15) is 37.3 Å². The fourth-order valence-corrected chi connectivity index (χ4v) is 4.28. The molecule has 1 N–H and O–H groups in total. The summed E-state index contributed by atoms with van der Waals surface area (Å²) in [6.07, 6.45) is 0.287. The van der Waals surface area contributed by atoms with Gasteiger partial charge in [-0.05, 0) is 34.6 Å². The third-order valence-corrected chi connectivity index (χ3v) is 5.74. The van der Waals surface area contributed by atoms with Crippen LogP contribution in [0.15, 0.2) is 34.1 Å². The Hall–Kier alpha value is -1.53. The lowest BCUT2D eigenvalue weighted by Gasteiger charge is -2.31. The smallest absolute Gasteiger partial charge is 0.224 e. The molecule has 1 aromatic heterocycles. The quantitative estimate of drug-likeness (QED) is 0.772. The number of carbonyl (C=O) groups excluding carboxylic acids is 1. The van der Waals surface area contributed by atoms with Gasteiger partial charge in [0.2, 0.25) is 5.91 Å². The van der Waals surface area contributed by atoms with Crippen molar-refractivity contribution >= 4 is 33.2 Å². The largest absolute Gasteiger partial charge is 0.486 e. The highest BCUT2D eigenvalue weighted by atomic mass is 79.9. The molecule has 2 heterocycles. The van der Waals surface area contributed by atoms with Crippen molar-refractivity contribution < 1.29 is 14.3 Å². The van der Waals surface area contributed by atoms with Crippen LogP contribution in [-0.4, -0.2) is 19.1 Å². The van der Waals surface area contributed by atoms with E-state index in [1.165, 1.54) is 4.88 Å². The van der Waals surface area contributed by atoms with E-state index in [-0.39, 0.29) is 23.8 Å². The number of halogens is 1. The van der Waals surface area contributed by atoms with Gasteiger partial charge in [0.25, 0.3) is 0 Å². The number of nitrogens with one attached hydrogen (secondary N) is 1. The average Bonchev–Trinajstić information content (AvgIpc) is 3.06. The lowest BCUT2D eigenvalue weighted by molar-refractivity contribution is -0.122. The van der Waals surface area contributed by atoms with Gasteiger partial charge in [0.05, 0.1) is 12.5 Å². The highest BCUT2D eigenvalue weighted by Gasteiger charge is 2.29. The van der Waals surface area contributed by atoms with Gasteiger partial charge in [-0.2, -0.15) is 0 Å². The second-order valence-electron chi connectivity index (χ2n) is 7.15. The minimum absolute atomic E-state index is 0.00861. The minimum atomic E-state index is -0.0649. The normalized spacial score (nSPS) is 14.9. The van der Waals surface area contributed by atoms with Gasteiger partial charge in [-0.25, -0.2) is 0 Å². The van der Waals surface area contributed by atoms with Gasteiger partial charge in [0.1, 0.15) is 13.2 Å². The Bertz CT molecular complexity index is 753. The van der Waals surface area contributed by atoms with Crippen LogP contribution in [-0.2, 0) is 11.2 Å². The monoisotopic (exact) mass is 423 g/mol. The third kappa shape index (κ3) is 4.36. The molecule has 1 aliphatic rings. The summed E-state index contributed by atoms with van der Waals surface area (Å²) < 4.78 is 12.0. The zero-order valence-corrected chi connectivity index (χ0v) is 17.0. The summed E-state index contributed by atoms with van der Waals surface area (Å²) in [5, 5.41) is 5.23. The first kappa shape index (κ1) is 18.3. The molecular formula is C19H22BrNO3S. The van der Waals surface area contributed by atoms with Crippen molar-refractivity contribution in [1.29, 1.82) is 0 Å². The van der Waals surface area contributed by atoms with Crippen molar-refractivity contribution in [2.75, 3.05) is 13.2 Å². The van der Waals surface area contributed by atoms with Crippen molar-refractivity contribution in [3.8, 4) is 11.5 Å². The van der Waals surface area contributed by atoms with E-state index in [1.807, 2.05) is 23.6 Å². The Labute approximate surface area is 160 Å². The van der Waals surface area contributed by atoms with Crippen molar-refractivity contribution in [2.24, 2.45) is 5.41 Å². The molecule has 0 fully saturated rings. The van der Waals surface area contributed by atoms with Crippen LogP contribution >= 0.6 is 27.3 Å². The van der Waals surface area contributed by atoms with Crippen LogP contribution in [0.2, 0.25) is 0 Å². The minimum Gasteiger partial charge on any atom is -0.486 e. The molecule has 0 bridgehead atoms. The molecule has 3 rings (SSSR count). The van der Waals surface area contributed by atoms with E-state index in [1.54, 1.807) is 11.3 Å². The molecule has 0 unspecified atom stereocenters. The Balaban J connectivity index is 1.75. The second-order valence-corrected chi connectivity index (χ2v) is 8.98. The van der Waals surface area contributed by atoms with Crippen LogP contribution in [0.5, 0.6) is 11.5 Å². The molecule has 1 amide bonds. The fraction of sp³-hybridized carbons (Fsp3) is 0.421. The Morgan fingerprint density at radius 2 is 1.96 bits per heavy atom. The zero-order chi connectivity index (χ0) is 18.0. The lowest BCUT2D eigenvalue weighted by Crippen LogP contribution is -2.37. The van der Waals surface area contributed by atoms with Crippen molar-refractivity contribution in [2.45, 2.75) is 33.2 Å². The molecule has 0 spiro atoms. The van der Waals surface area contributed by atoms with Crippen LogP contribution < -0.4 is 14.8 Å². The molecule has 6 heteroatoms. The predicted octanol–water partition coefficient (Wildman–Crippen LogP) is 4.73. The maximum atomic E-state index is 12.7. The highest BCUT2D eigenvalue weighted by molar-refractivity contribution is 9.10. The van der Waals surface area contributed by atoms with Gasteiger partial charge >= 0.3 is 0 Å². The average molecular weight is 424 g/mol. The van der Waals surface area contributed by atoms with Gasteiger partial charge in [0.15, 0.2) is 11.5 Å². The second kappa shape index (κ2) is 7.38. The number of hydrogen-bond donors (Lipinski definition) is 1. The van der Waals surface area contributed by atoms with Crippen LogP contribution in [0.25, 0.3) is 0 Å². The summed E-state index contributed by atoms with van der Waals surface area (Å²) in [5.41, 5.74) is 0.825. The van der Waals surface area contributed by atoms with Crippen LogP contribution in [0.4, 0.5) is 0 Å². The van der Waals surface area contributed by atoms with E-state index in [4.69, 9.17) is 9.47 Å². The molecule has 2 aromatic rings. The SMILES string of the molecule is CC(C)(C)[C@H](NC(=O)Cc1cc2c(cc1Br)OCCO2)c1cccs1. The van der Waals surface area contributed by atoms with Crippen LogP contribution in [0.3, 0.4) is 0 Å². The van der Waals surface area contributed by atoms with Crippen molar-refractivity contribution in [1.82, 2.24) is 5.32 Å². The fourth-order valence-electron chi connectivity index (χ4n) is 2.80. The lowest BCUT2D eigenvalue weighted by atomic mass is 9.85. The maximum absolute atomic E-state index is 12.7. The van der Waals surface area contributed by atoms with Crippen molar-refractivity contribution in [3.05, 3.63) is 44.6 Å². The van der Waals surface area contributed by atoms with Gasteiger partial charge in [-0.15, -0.1) is 11.3 Å². The summed E-state index contributed by atoms with van der Waals surface area (Å²) >= 11 is 5.20. The number of amides is 1. The topological polar surface area (TPSA) is 47.6 Å². The standard InChI is InChI=1S/C19H22BrNO3S/c1-19(2,3)18(16-5-4-8-25-16)21-17(22)10-12-9-14-15(11-13(12)20)24-7-6-23-14/h4-5,8-9,11,18H,6-7,10H2,1-3H3,(H,21,22)/t18-/m1/s1. The molecule has 134 valence electrons. The van der Waals surface area contributed by atoms with E-state index in [0.717, 1.165) is 10.0 Å². The summed E-state index contributed by atoms with van der Waals surface area (Å²) in [7, 11) is 0. The van der Waals surface area contributed by atoms with E-state index in [2.05, 4.69) is 48.1 Å². The number of hydrogen-bond acceptors (Lipinski definition) is 4. The van der Waals surface area contributed by atoms with Gasteiger partial charge in [-0.1, -0.05) is 42.8 Å². The molecule has 1 atom stereocenters. The Kier molecular flexibility index (Phi) is 5.39. The van der Waals surface area contributed by atoms with E-state index in [9.17, 15) is 4.79 Å². The third-order valence-electron chi connectivity index (χ3n) is 4.06. The molecule has 0 saturated carbocycles. The first-order chi connectivity index (χ1) is 11.8. The number of rotatable bonds is 4. The molecule has 1 aliphatic heterocycles. The summed E-state index contributed by atoms with van der Waals surface area (Å²) in [4.78, 5) is 13.9. The first-order valence-electron chi connectivity index (χ1n) is 8.25. The molecule has 4 nitrogen and oxygen atoms in total. The van der Waals surface area contributed by atoms with E-state index < -0.39 is 0 Å². The van der Waals surface area contributed by atoms with Gasteiger partial charge < -0.3 is 14.8 Å². The summed E-state index contributed by atoms with van der Waals surface area (Å²) in [5.74, 6) is 1.40. The Morgan fingerprint density at radius 1 is 1.28 bits per heavy atom. The highest BCUT2D eigenvalue weighted by Crippen LogP contribution is 2.37. The molecular weight excluding hydrogens is 402 g/mol. The molecule has 25 heavy (non-hydrogen) atoms. The molecule has 0 aliphatic carbocycles. The van der Waals surface area contributed by atoms with Crippen molar-refractivity contribution in [3.63, 3.8) is 0 Å². The number of benzene rings is 1. The number of fused-ring (bicyclic) bond motifs is 1.